The summed E-state index contributed by atoms with van der Waals surface area (Å²) in [5, 5.41) is 0.360. The lowest BCUT2D eigenvalue weighted by molar-refractivity contribution is 0.0600. The Morgan fingerprint density at radius 3 is 2.77 bits per heavy atom. The molecule has 0 saturated carbocycles. The number of ether oxygens (including phenoxy) is 2. The molecule has 5 rings (SSSR count). The number of hydrogen-bond donors (Lipinski definition) is 0. The summed E-state index contributed by atoms with van der Waals surface area (Å²) in [6.45, 7) is 1.01. The maximum Gasteiger partial charge on any atom is 0.337 e. The first-order valence-corrected chi connectivity index (χ1v) is 11.6. The van der Waals surface area contributed by atoms with Gasteiger partial charge < -0.3 is 14.0 Å². The molecule has 1 aliphatic rings. The standard InChI is InChI=1S/C25H23ClN4O5/c1-34-24(32)17-7-4-6-16(12-17)13-28-15-27-22-21(28)23(31)29(14-18-8-5-11-35-18)25(33)30(22)20-10-3-2-9-19(20)26/h2-4,6-7,9-10,12,15,18H,5,8,11,13-14H2,1H3. The summed E-state index contributed by atoms with van der Waals surface area (Å²) in [6, 6.07) is 13.9. The Balaban J connectivity index is 1.69. The van der Waals surface area contributed by atoms with Crippen LogP contribution in [0.1, 0.15) is 28.8 Å². The fourth-order valence-electron chi connectivity index (χ4n) is 4.41. The fourth-order valence-corrected chi connectivity index (χ4v) is 4.63. The van der Waals surface area contributed by atoms with Crippen molar-refractivity contribution >= 4 is 28.7 Å². The second kappa shape index (κ2) is 9.52. The van der Waals surface area contributed by atoms with Crippen LogP contribution >= 0.6 is 11.6 Å². The summed E-state index contributed by atoms with van der Waals surface area (Å²) in [7, 11) is 1.32. The summed E-state index contributed by atoms with van der Waals surface area (Å²) in [4.78, 5) is 43.6. The molecular formula is C25H23ClN4O5. The number of methoxy groups -OCH3 is 1. The maximum atomic E-state index is 13.6. The second-order valence-electron chi connectivity index (χ2n) is 8.36. The summed E-state index contributed by atoms with van der Waals surface area (Å²) >= 11 is 6.44. The van der Waals surface area contributed by atoms with Crippen molar-refractivity contribution < 1.29 is 14.3 Å². The van der Waals surface area contributed by atoms with Gasteiger partial charge in [-0.25, -0.2) is 19.1 Å². The van der Waals surface area contributed by atoms with Gasteiger partial charge >= 0.3 is 11.7 Å². The molecule has 1 saturated heterocycles. The number of carbonyl (C=O) groups is 1. The van der Waals surface area contributed by atoms with Gasteiger partial charge in [0, 0.05) is 13.2 Å². The van der Waals surface area contributed by atoms with E-state index in [0.29, 0.717) is 22.9 Å². The normalized spacial score (nSPS) is 15.5. The number of rotatable bonds is 6. The zero-order chi connectivity index (χ0) is 24.5. The Morgan fingerprint density at radius 2 is 2.03 bits per heavy atom. The van der Waals surface area contributed by atoms with E-state index in [4.69, 9.17) is 21.1 Å². The maximum absolute atomic E-state index is 13.6. The predicted molar refractivity (Wildman–Crippen MR) is 130 cm³/mol. The van der Waals surface area contributed by atoms with Crippen LogP contribution in [0.15, 0.2) is 64.4 Å². The number of benzene rings is 2. The molecular weight excluding hydrogens is 472 g/mol. The van der Waals surface area contributed by atoms with Crippen LogP contribution in [0.2, 0.25) is 5.02 Å². The van der Waals surface area contributed by atoms with Gasteiger partial charge in [0.25, 0.3) is 5.56 Å². The number of para-hydroxylation sites is 1. The highest BCUT2D eigenvalue weighted by Crippen LogP contribution is 2.22. The van der Waals surface area contributed by atoms with Crippen molar-refractivity contribution in [2.24, 2.45) is 0 Å². The highest BCUT2D eigenvalue weighted by molar-refractivity contribution is 6.32. The third-order valence-corrected chi connectivity index (χ3v) is 6.42. The van der Waals surface area contributed by atoms with Crippen LogP contribution in [0.3, 0.4) is 0 Å². The minimum Gasteiger partial charge on any atom is -0.465 e. The van der Waals surface area contributed by atoms with Crippen LogP contribution in [0.4, 0.5) is 0 Å². The highest BCUT2D eigenvalue weighted by atomic mass is 35.5. The molecule has 10 heteroatoms. The Labute approximate surface area is 205 Å². The average Bonchev–Trinajstić information content (AvgIpc) is 3.53. The summed E-state index contributed by atoms with van der Waals surface area (Å²) < 4.78 is 14.8. The van der Waals surface area contributed by atoms with E-state index in [1.807, 2.05) is 6.07 Å². The molecule has 0 radical (unpaired) electrons. The molecule has 0 bridgehead atoms. The number of halogens is 1. The Bertz CT molecular complexity index is 1530. The first-order chi connectivity index (χ1) is 17.0. The van der Waals surface area contributed by atoms with Crippen molar-refractivity contribution in [3.8, 4) is 5.69 Å². The molecule has 180 valence electrons. The van der Waals surface area contributed by atoms with E-state index in [1.54, 1.807) is 47.0 Å². The van der Waals surface area contributed by atoms with Gasteiger partial charge in [-0.1, -0.05) is 35.9 Å². The van der Waals surface area contributed by atoms with Crippen LogP contribution < -0.4 is 11.2 Å². The van der Waals surface area contributed by atoms with Crippen molar-refractivity contribution in [1.82, 2.24) is 18.7 Å². The number of hydrogen-bond acceptors (Lipinski definition) is 6. The van der Waals surface area contributed by atoms with Crippen molar-refractivity contribution in [1.29, 1.82) is 0 Å². The molecule has 1 fully saturated rings. The number of aromatic nitrogens is 4. The number of nitrogens with zero attached hydrogens (tertiary/aromatic N) is 4. The lowest BCUT2D eigenvalue weighted by Gasteiger charge is -2.16. The van der Waals surface area contributed by atoms with E-state index in [0.717, 1.165) is 18.4 Å². The van der Waals surface area contributed by atoms with Crippen molar-refractivity contribution in [2.75, 3.05) is 13.7 Å². The molecule has 35 heavy (non-hydrogen) atoms. The lowest BCUT2D eigenvalue weighted by Crippen LogP contribution is -2.42. The molecule has 2 aromatic carbocycles. The van der Waals surface area contributed by atoms with E-state index in [9.17, 15) is 14.4 Å². The van der Waals surface area contributed by atoms with Crippen LogP contribution in [-0.4, -0.2) is 44.5 Å². The first-order valence-electron chi connectivity index (χ1n) is 11.2. The third-order valence-electron chi connectivity index (χ3n) is 6.10. The zero-order valence-electron chi connectivity index (χ0n) is 19.0. The number of carbonyl (C=O) groups excluding carboxylic acids is 1. The molecule has 2 aromatic heterocycles. The predicted octanol–water partition coefficient (Wildman–Crippen LogP) is 3.02. The van der Waals surface area contributed by atoms with Gasteiger partial charge in [-0.3, -0.25) is 9.36 Å². The minimum atomic E-state index is -0.524. The quantitative estimate of drug-likeness (QED) is 0.382. The van der Waals surface area contributed by atoms with E-state index < -0.39 is 17.2 Å². The number of fused-ring (bicyclic) bond motifs is 1. The van der Waals surface area contributed by atoms with Crippen molar-refractivity contribution in [3.05, 3.63) is 91.8 Å². The third kappa shape index (κ3) is 4.28. The molecule has 0 aliphatic carbocycles. The van der Waals surface area contributed by atoms with Gasteiger partial charge in [-0.15, -0.1) is 0 Å². The Hall–Kier alpha value is -3.69. The van der Waals surface area contributed by atoms with Crippen molar-refractivity contribution in [2.45, 2.75) is 32.0 Å². The molecule has 1 aliphatic heterocycles. The van der Waals surface area contributed by atoms with E-state index in [2.05, 4.69) is 4.98 Å². The SMILES string of the molecule is COC(=O)c1cccc(Cn2cnc3c2c(=O)n(CC2CCCO2)c(=O)n3-c2ccccc2Cl)c1. The molecule has 9 nitrogen and oxygen atoms in total. The zero-order valence-corrected chi connectivity index (χ0v) is 19.8. The minimum absolute atomic E-state index is 0.140. The summed E-state index contributed by atoms with van der Waals surface area (Å²) in [6.07, 6.45) is 2.95. The highest BCUT2D eigenvalue weighted by Gasteiger charge is 2.24. The fraction of sp³-hybridized carbons (Fsp3) is 0.280. The summed E-state index contributed by atoms with van der Waals surface area (Å²) in [5.41, 5.74) is 1.09. The van der Waals surface area contributed by atoms with Crippen LogP contribution in [0, 0.1) is 0 Å². The van der Waals surface area contributed by atoms with Gasteiger partial charge in [0.05, 0.1) is 42.4 Å². The Morgan fingerprint density at radius 1 is 1.20 bits per heavy atom. The van der Waals surface area contributed by atoms with Crippen LogP contribution in [-0.2, 0) is 22.6 Å². The number of esters is 1. The van der Waals surface area contributed by atoms with Crippen LogP contribution in [0.5, 0.6) is 0 Å². The molecule has 0 N–H and O–H groups in total. The van der Waals surface area contributed by atoms with Gasteiger partial charge in [0.2, 0.25) is 0 Å². The van der Waals surface area contributed by atoms with E-state index >= 15 is 0 Å². The Kier molecular flexibility index (Phi) is 6.27. The monoisotopic (exact) mass is 494 g/mol. The summed E-state index contributed by atoms with van der Waals surface area (Å²) in [5.74, 6) is -0.450. The lowest BCUT2D eigenvalue weighted by atomic mass is 10.1. The van der Waals surface area contributed by atoms with E-state index in [-0.39, 0.29) is 30.4 Å². The van der Waals surface area contributed by atoms with Crippen LogP contribution in [0.25, 0.3) is 16.9 Å². The molecule has 0 amide bonds. The topological polar surface area (TPSA) is 97.4 Å². The van der Waals surface area contributed by atoms with E-state index in [1.165, 1.54) is 22.6 Å². The van der Waals surface area contributed by atoms with Gasteiger partial charge in [-0.2, -0.15) is 0 Å². The first kappa shape index (κ1) is 23.1. The molecule has 1 atom stereocenters. The molecule has 3 heterocycles. The second-order valence-corrected chi connectivity index (χ2v) is 8.76. The smallest absolute Gasteiger partial charge is 0.337 e. The average molecular weight is 495 g/mol. The van der Waals surface area contributed by atoms with Crippen molar-refractivity contribution in [3.63, 3.8) is 0 Å². The molecule has 1 unspecified atom stereocenters. The van der Waals surface area contributed by atoms with Gasteiger partial charge in [-0.05, 0) is 42.7 Å². The molecule has 4 aromatic rings. The largest absolute Gasteiger partial charge is 0.465 e. The number of imidazole rings is 1. The molecule has 0 spiro atoms. The van der Waals surface area contributed by atoms with Gasteiger partial charge in [0.15, 0.2) is 11.2 Å². The van der Waals surface area contributed by atoms with Gasteiger partial charge in [0.1, 0.15) is 0 Å².